The molecule has 0 aliphatic carbocycles. The molecule has 0 amide bonds. The molecule has 0 radical (unpaired) electrons. The zero-order chi connectivity index (χ0) is 12.3. The van der Waals surface area contributed by atoms with Gasteiger partial charge in [-0.1, -0.05) is 17.7 Å². The summed E-state index contributed by atoms with van der Waals surface area (Å²) in [7, 11) is 3.27. The number of halogens is 1. The highest BCUT2D eigenvalue weighted by atomic mass is 35.5. The summed E-state index contributed by atoms with van der Waals surface area (Å²) >= 11 is 6.27. The lowest BCUT2D eigenvalue weighted by molar-refractivity contribution is 0.380. The van der Waals surface area contributed by atoms with Gasteiger partial charge in [0.15, 0.2) is 0 Å². The van der Waals surface area contributed by atoms with Crippen molar-refractivity contribution in [1.82, 2.24) is 5.32 Å². The first-order chi connectivity index (χ1) is 8.27. The summed E-state index contributed by atoms with van der Waals surface area (Å²) in [5, 5.41) is 3.94. The number of hydrogen-bond donors (Lipinski definition) is 1. The van der Waals surface area contributed by atoms with Gasteiger partial charge in [0.2, 0.25) is 0 Å². The van der Waals surface area contributed by atoms with Crippen molar-refractivity contribution in [3.8, 4) is 11.5 Å². The van der Waals surface area contributed by atoms with E-state index in [1.54, 1.807) is 14.2 Å². The first-order valence-corrected chi connectivity index (χ1v) is 6.26. The van der Waals surface area contributed by atoms with E-state index in [2.05, 4.69) is 11.4 Å². The van der Waals surface area contributed by atoms with Crippen LogP contribution in [0.2, 0.25) is 5.02 Å². The molecule has 1 aromatic rings. The lowest BCUT2D eigenvalue weighted by Gasteiger charge is -2.25. The van der Waals surface area contributed by atoms with Crippen LogP contribution in [-0.4, -0.2) is 27.3 Å². The first-order valence-electron chi connectivity index (χ1n) is 5.89. The van der Waals surface area contributed by atoms with Crippen LogP contribution in [0.25, 0.3) is 0 Å². The van der Waals surface area contributed by atoms with Gasteiger partial charge in [0.05, 0.1) is 14.2 Å². The molecule has 1 heterocycles. The summed E-state index contributed by atoms with van der Waals surface area (Å²) in [6.07, 6.45) is 2.25. The average Bonchev–Trinajstić information content (AvgIpc) is 2.39. The van der Waals surface area contributed by atoms with E-state index in [1.165, 1.54) is 5.56 Å². The molecule has 17 heavy (non-hydrogen) atoms. The van der Waals surface area contributed by atoms with Crippen molar-refractivity contribution in [2.45, 2.75) is 18.8 Å². The van der Waals surface area contributed by atoms with E-state index in [4.69, 9.17) is 21.1 Å². The van der Waals surface area contributed by atoms with Crippen molar-refractivity contribution in [2.75, 3.05) is 27.3 Å². The number of nitrogens with one attached hydrogen (secondary N) is 1. The molecule has 0 spiro atoms. The van der Waals surface area contributed by atoms with Gasteiger partial charge >= 0.3 is 0 Å². The van der Waals surface area contributed by atoms with Gasteiger partial charge in [0, 0.05) is 0 Å². The van der Waals surface area contributed by atoms with Crippen LogP contribution >= 0.6 is 11.6 Å². The number of piperidine rings is 1. The zero-order valence-corrected chi connectivity index (χ0v) is 11.0. The summed E-state index contributed by atoms with van der Waals surface area (Å²) in [5.74, 6) is 1.95. The van der Waals surface area contributed by atoms with Crippen molar-refractivity contribution < 1.29 is 9.47 Å². The Balaban J connectivity index is 2.35. The predicted molar refractivity (Wildman–Crippen MR) is 69.4 cm³/mol. The Hall–Kier alpha value is -0.930. The van der Waals surface area contributed by atoms with E-state index in [0.29, 0.717) is 16.7 Å². The van der Waals surface area contributed by atoms with Crippen LogP contribution < -0.4 is 14.8 Å². The molecule has 1 saturated heterocycles. The smallest absolute Gasteiger partial charge is 0.144 e. The minimum absolute atomic E-state index is 0.523. The minimum atomic E-state index is 0.523. The molecule has 1 aliphatic heterocycles. The quantitative estimate of drug-likeness (QED) is 0.901. The third-order valence-corrected chi connectivity index (χ3v) is 3.65. The van der Waals surface area contributed by atoms with Gasteiger partial charge in [-0.25, -0.2) is 0 Å². The van der Waals surface area contributed by atoms with E-state index in [0.717, 1.165) is 31.7 Å². The van der Waals surface area contributed by atoms with E-state index in [1.807, 2.05) is 6.07 Å². The largest absolute Gasteiger partial charge is 0.495 e. The van der Waals surface area contributed by atoms with E-state index >= 15 is 0 Å². The topological polar surface area (TPSA) is 30.5 Å². The van der Waals surface area contributed by atoms with Gasteiger partial charge in [0.25, 0.3) is 0 Å². The molecular formula is C13H18ClNO2. The number of rotatable bonds is 3. The Kier molecular flexibility index (Phi) is 4.13. The molecule has 0 atom stereocenters. The molecule has 3 nitrogen and oxygen atoms in total. The number of methoxy groups -OCH3 is 2. The maximum atomic E-state index is 6.27. The van der Waals surface area contributed by atoms with Gasteiger partial charge in [-0.05, 0) is 43.5 Å². The molecule has 0 bridgehead atoms. The van der Waals surface area contributed by atoms with Crippen LogP contribution in [0.4, 0.5) is 0 Å². The summed E-state index contributed by atoms with van der Waals surface area (Å²) in [6, 6.07) is 3.99. The second-order valence-corrected chi connectivity index (χ2v) is 4.61. The molecule has 1 N–H and O–H groups in total. The highest BCUT2D eigenvalue weighted by Crippen LogP contribution is 2.42. The fourth-order valence-corrected chi connectivity index (χ4v) is 2.70. The molecule has 0 aromatic heterocycles. The highest BCUT2D eigenvalue weighted by molar-refractivity contribution is 6.33. The van der Waals surface area contributed by atoms with Crippen LogP contribution in [-0.2, 0) is 0 Å². The third-order valence-electron chi connectivity index (χ3n) is 3.30. The predicted octanol–water partition coefficient (Wildman–Crippen LogP) is 2.82. The Labute approximate surface area is 107 Å². The standard InChI is InChI=1S/C13H18ClNO2/c1-16-11-4-3-10(13(17-2)12(11)14)9-5-7-15-8-6-9/h3-4,9,15H,5-8H2,1-2H3. The Morgan fingerprint density at radius 1 is 1.18 bits per heavy atom. The Morgan fingerprint density at radius 2 is 1.88 bits per heavy atom. The lowest BCUT2D eigenvalue weighted by Crippen LogP contribution is -2.26. The van der Waals surface area contributed by atoms with Crippen LogP contribution in [0, 0.1) is 0 Å². The number of ether oxygens (including phenoxy) is 2. The van der Waals surface area contributed by atoms with Crippen LogP contribution in [0.3, 0.4) is 0 Å². The van der Waals surface area contributed by atoms with Crippen molar-refractivity contribution in [3.05, 3.63) is 22.7 Å². The molecule has 1 aliphatic rings. The molecule has 2 rings (SSSR count). The lowest BCUT2D eigenvalue weighted by atomic mass is 9.89. The molecular weight excluding hydrogens is 238 g/mol. The van der Waals surface area contributed by atoms with E-state index in [-0.39, 0.29) is 0 Å². The molecule has 1 aromatic carbocycles. The summed E-state index contributed by atoms with van der Waals surface area (Å²) in [6.45, 7) is 2.11. The van der Waals surface area contributed by atoms with Crippen LogP contribution in [0.15, 0.2) is 12.1 Å². The molecule has 0 unspecified atom stereocenters. The van der Waals surface area contributed by atoms with Crippen molar-refractivity contribution in [1.29, 1.82) is 0 Å². The fourth-order valence-electron chi connectivity index (χ4n) is 2.37. The summed E-state index contributed by atoms with van der Waals surface area (Å²) < 4.78 is 10.6. The van der Waals surface area contributed by atoms with Crippen LogP contribution in [0.1, 0.15) is 24.3 Å². The normalized spacial score (nSPS) is 16.9. The van der Waals surface area contributed by atoms with Gasteiger partial charge in [0.1, 0.15) is 16.5 Å². The van der Waals surface area contributed by atoms with Crippen molar-refractivity contribution >= 4 is 11.6 Å². The zero-order valence-electron chi connectivity index (χ0n) is 10.3. The number of benzene rings is 1. The van der Waals surface area contributed by atoms with Gasteiger partial charge in [-0.3, -0.25) is 0 Å². The summed E-state index contributed by atoms with van der Waals surface area (Å²) in [5.41, 5.74) is 1.19. The maximum absolute atomic E-state index is 6.27. The van der Waals surface area contributed by atoms with Crippen molar-refractivity contribution in [2.24, 2.45) is 0 Å². The average molecular weight is 256 g/mol. The molecule has 4 heteroatoms. The fraction of sp³-hybridized carbons (Fsp3) is 0.538. The monoisotopic (exact) mass is 255 g/mol. The second kappa shape index (κ2) is 5.61. The molecule has 0 saturated carbocycles. The third kappa shape index (κ3) is 2.50. The first kappa shape index (κ1) is 12.5. The molecule has 94 valence electrons. The molecule has 1 fully saturated rings. The van der Waals surface area contributed by atoms with Gasteiger partial charge < -0.3 is 14.8 Å². The second-order valence-electron chi connectivity index (χ2n) is 4.23. The minimum Gasteiger partial charge on any atom is -0.495 e. The Morgan fingerprint density at radius 3 is 2.47 bits per heavy atom. The Bertz CT molecular complexity index is 389. The van der Waals surface area contributed by atoms with Crippen molar-refractivity contribution in [3.63, 3.8) is 0 Å². The van der Waals surface area contributed by atoms with Gasteiger partial charge in [-0.15, -0.1) is 0 Å². The number of hydrogen-bond acceptors (Lipinski definition) is 3. The summed E-state index contributed by atoms with van der Waals surface area (Å²) in [4.78, 5) is 0. The van der Waals surface area contributed by atoms with E-state index in [9.17, 15) is 0 Å². The SMILES string of the molecule is COc1ccc(C2CCNCC2)c(OC)c1Cl. The van der Waals surface area contributed by atoms with Gasteiger partial charge in [-0.2, -0.15) is 0 Å². The van der Waals surface area contributed by atoms with Crippen LogP contribution in [0.5, 0.6) is 11.5 Å². The maximum Gasteiger partial charge on any atom is 0.144 e. The highest BCUT2D eigenvalue weighted by Gasteiger charge is 2.22. The van der Waals surface area contributed by atoms with E-state index < -0.39 is 0 Å².